The van der Waals surface area contributed by atoms with Crippen LogP contribution < -0.4 is 10.2 Å². The Bertz CT molecular complexity index is 548. The molecule has 2 heterocycles. The summed E-state index contributed by atoms with van der Waals surface area (Å²) in [5.41, 5.74) is 2.40. The summed E-state index contributed by atoms with van der Waals surface area (Å²) in [6.45, 7) is 8.18. The van der Waals surface area contributed by atoms with Crippen LogP contribution in [0, 0.1) is 0 Å². The highest BCUT2D eigenvalue weighted by molar-refractivity contribution is 7.10. The van der Waals surface area contributed by atoms with Crippen molar-refractivity contribution in [3.05, 3.63) is 36.0 Å². The summed E-state index contributed by atoms with van der Waals surface area (Å²) in [5.74, 6) is 0. The zero-order valence-electron chi connectivity index (χ0n) is 12.3. The highest BCUT2D eigenvalue weighted by Gasteiger charge is 2.19. The van der Waals surface area contributed by atoms with Crippen molar-refractivity contribution in [2.75, 3.05) is 42.9 Å². The predicted molar refractivity (Wildman–Crippen MR) is 88.0 cm³/mol. The second-order valence-corrected chi connectivity index (χ2v) is 5.93. The summed E-state index contributed by atoms with van der Waals surface area (Å²) in [7, 11) is 0. The third-order valence-electron chi connectivity index (χ3n) is 3.76. The second kappa shape index (κ2) is 6.87. The highest BCUT2D eigenvalue weighted by Crippen LogP contribution is 2.21. The molecule has 0 spiro atoms. The van der Waals surface area contributed by atoms with Crippen molar-refractivity contribution < 1.29 is 0 Å². The molecule has 1 aromatic carbocycles. The summed E-state index contributed by atoms with van der Waals surface area (Å²) < 4.78 is 4.06. The smallest absolute Gasteiger partial charge is 0.134 e. The number of aromatic nitrogens is 2. The Labute approximate surface area is 129 Å². The van der Waals surface area contributed by atoms with Crippen LogP contribution in [0.3, 0.4) is 0 Å². The molecule has 2 aromatic rings. The molecule has 21 heavy (non-hydrogen) atoms. The van der Waals surface area contributed by atoms with Gasteiger partial charge in [-0.25, -0.2) is 0 Å². The lowest BCUT2D eigenvalue weighted by atomic mass is 10.2. The van der Waals surface area contributed by atoms with Crippen LogP contribution >= 0.6 is 11.5 Å². The predicted octanol–water partition coefficient (Wildman–Crippen LogP) is 2.29. The van der Waals surface area contributed by atoms with Gasteiger partial charge in [-0.3, -0.25) is 4.90 Å². The van der Waals surface area contributed by atoms with E-state index in [0.717, 1.165) is 50.0 Å². The molecule has 0 radical (unpaired) electrons. The Kier molecular flexibility index (Phi) is 4.67. The van der Waals surface area contributed by atoms with Gasteiger partial charge in [0.15, 0.2) is 0 Å². The standard InChI is InChI=1S/C15H21N5S/c1-2-16-15-14(17-18-21-15)12-19-8-10-20(11-9-19)13-6-4-3-5-7-13/h3-7,16H,2,8-12H2,1H3. The van der Waals surface area contributed by atoms with E-state index in [1.807, 2.05) is 0 Å². The highest BCUT2D eigenvalue weighted by atomic mass is 32.1. The molecule has 5 nitrogen and oxygen atoms in total. The lowest BCUT2D eigenvalue weighted by molar-refractivity contribution is 0.247. The molecule has 6 heteroatoms. The topological polar surface area (TPSA) is 44.3 Å². The molecule has 0 atom stereocenters. The molecule has 1 aliphatic rings. The van der Waals surface area contributed by atoms with Gasteiger partial charge < -0.3 is 10.2 Å². The number of hydrogen-bond acceptors (Lipinski definition) is 6. The summed E-state index contributed by atoms with van der Waals surface area (Å²) in [4.78, 5) is 4.90. The first-order chi connectivity index (χ1) is 10.4. The second-order valence-electron chi connectivity index (χ2n) is 5.18. The molecule has 3 rings (SSSR count). The lowest BCUT2D eigenvalue weighted by Gasteiger charge is -2.35. The van der Waals surface area contributed by atoms with Crippen LogP contribution in [-0.2, 0) is 6.54 Å². The molecule has 0 bridgehead atoms. The molecular formula is C15H21N5S. The Morgan fingerprint density at radius 2 is 1.90 bits per heavy atom. The Morgan fingerprint density at radius 1 is 1.14 bits per heavy atom. The fourth-order valence-electron chi connectivity index (χ4n) is 2.62. The average molecular weight is 303 g/mol. The van der Waals surface area contributed by atoms with E-state index in [9.17, 15) is 0 Å². The van der Waals surface area contributed by atoms with Gasteiger partial charge in [-0.05, 0) is 19.1 Å². The zero-order chi connectivity index (χ0) is 14.5. The maximum absolute atomic E-state index is 4.26. The van der Waals surface area contributed by atoms with Crippen molar-refractivity contribution in [1.29, 1.82) is 0 Å². The monoisotopic (exact) mass is 303 g/mol. The van der Waals surface area contributed by atoms with Crippen molar-refractivity contribution in [2.45, 2.75) is 13.5 Å². The van der Waals surface area contributed by atoms with Gasteiger partial charge in [0, 0.05) is 56.5 Å². The largest absolute Gasteiger partial charge is 0.374 e. The molecule has 1 aromatic heterocycles. The van der Waals surface area contributed by atoms with Crippen molar-refractivity contribution in [1.82, 2.24) is 14.5 Å². The molecule has 0 saturated carbocycles. The first kappa shape index (κ1) is 14.3. The maximum atomic E-state index is 4.26. The van der Waals surface area contributed by atoms with Crippen molar-refractivity contribution in [3.8, 4) is 0 Å². The summed E-state index contributed by atoms with van der Waals surface area (Å²) >= 11 is 1.45. The minimum Gasteiger partial charge on any atom is -0.374 e. The number of nitrogens with zero attached hydrogens (tertiary/aromatic N) is 4. The first-order valence-electron chi connectivity index (χ1n) is 7.44. The van der Waals surface area contributed by atoms with Gasteiger partial charge in [0.25, 0.3) is 0 Å². The SMILES string of the molecule is CCNc1snnc1CN1CCN(c2ccccc2)CC1. The number of nitrogens with one attached hydrogen (secondary N) is 1. The van der Waals surface area contributed by atoms with E-state index in [1.165, 1.54) is 17.2 Å². The third kappa shape index (κ3) is 3.51. The number of benzene rings is 1. The van der Waals surface area contributed by atoms with Gasteiger partial charge in [0.05, 0.1) is 0 Å². The van der Waals surface area contributed by atoms with Gasteiger partial charge >= 0.3 is 0 Å². The van der Waals surface area contributed by atoms with Crippen LogP contribution in [0.2, 0.25) is 0 Å². The number of piperazine rings is 1. The van der Waals surface area contributed by atoms with Crippen LogP contribution in [-0.4, -0.2) is 47.2 Å². The van der Waals surface area contributed by atoms with Crippen LogP contribution in [0.15, 0.2) is 30.3 Å². The van der Waals surface area contributed by atoms with E-state index in [2.05, 4.69) is 62.0 Å². The molecular weight excluding hydrogens is 282 g/mol. The molecule has 1 N–H and O–H groups in total. The number of hydrogen-bond donors (Lipinski definition) is 1. The molecule has 0 unspecified atom stereocenters. The number of rotatable bonds is 5. The summed E-state index contributed by atoms with van der Waals surface area (Å²) in [6, 6.07) is 10.6. The summed E-state index contributed by atoms with van der Waals surface area (Å²) in [5, 5.41) is 8.71. The first-order valence-corrected chi connectivity index (χ1v) is 8.21. The van der Waals surface area contributed by atoms with Gasteiger partial charge in [0.2, 0.25) is 0 Å². The Hall–Kier alpha value is -1.66. The van der Waals surface area contributed by atoms with Crippen LogP contribution in [0.1, 0.15) is 12.6 Å². The minimum atomic E-state index is 0.890. The fraction of sp³-hybridized carbons (Fsp3) is 0.467. The molecule has 1 saturated heterocycles. The van der Waals surface area contributed by atoms with E-state index >= 15 is 0 Å². The Morgan fingerprint density at radius 3 is 2.62 bits per heavy atom. The van der Waals surface area contributed by atoms with Crippen LogP contribution in [0.4, 0.5) is 10.7 Å². The van der Waals surface area contributed by atoms with Crippen LogP contribution in [0.25, 0.3) is 0 Å². The van der Waals surface area contributed by atoms with Crippen molar-refractivity contribution in [2.24, 2.45) is 0 Å². The van der Waals surface area contributed by atoms with E-state index < -0.39 is 0 Å². The zero-order valence-corrected chi connectivity index (χ0v) is 13.1. The van der Waals surface area contributed by atoms with E-state index in [-0.39, 0.29) is 0 Å². The molecule has 1 aliphatic heterocycles. The number of anilines is 2. The molecule has 0 aliphatic carbocycles. The minimum absolute atomic E-state index is 0.890. The number of para-hydroxylation sites is 1. The normalized spacial score (nSPS) is 16.1. The third-order valence-corrected chi connectivity index (χ3v) is 4.49. The molecule has 112 valence electrons. The lowest BCUT2D eigenvalue weighted by Crippen LogP contribution is -2.46. The molecule has 0 amide bonds. The maximum Gasteiger partial charge on any atom is 0.134 e. The van der Waals surface area contributed by atoms with Gasteiger partial charge in [-0.15, -0.1) is 5.10 Å². The van der Waals surface area contributed by atoms with Crippen LogP contribution in [0.5, 0.6) is 0 Å². The quantitative estimate of drug-likeness (QED) is 0.918. The van der Waals surface area contributed by atoms with E-state index in [0.29, 0.717) is 0 Å². The van der Waals surface area contributed by atoms with Gasteiger partial charge in [0.1, 0.15) is 10.7 Å². The Balaban J connectivity index is 1.55. The van der Waals surface area contributed by atoms with E-state index in [1.54, 1.807) is 0 Å². The average Bonchev–Trinajstić information content (AvgIpc) is 2.96. The van der Waals surface area contributed by atoms with E-state index in [4.69, 9.17) is 0 Å². The van der Waals surface area contributed by atoms with Gasteiger partial charge in [-0.2, -0.15) is 0 Å². The van der Waals surface area contributed by atoms with Gasteiger partial charge in [-0.1, -0.05) is 22.7 Å². The fourth-order valence-corrected chi connectivity index (χ4v) is 3.26. The van der Waals surface area contributed by atoms with Crippen molar-refractivity contribution >= 4 is 22.2 Å². The molecule has 1 fully saturated rings. The summed E-state index contributed by atoms with van der Waals surface area (Å²) in [6.07, 6.45) is 0. The van der Waals surface area contributed by atoms with Crippen molar-refractivity contribution in [3.63, 3.8) is 0 Å².